The van der Waals surface area contributed by atoms with E-state index in [9.17, 15) is 14.0 Å². The summed E-state index contributed by atoms with van der Waals surface area (Å²) >= 11 is 0. The largest absolute Gasteiger partial charge is 0.462 e. The van der Waals surface area contributed by atoms with E-state index >= 15 is 0 Å². The van der Waals surface area contributed by atoms with E-state index < -0.39 is 17.8 Å². The Morgan fingerprint density at radius 1 is 1.10 bits per heavy atom. The third-order valence-electron chi connectivity index (χ3n) is 2.85. The number of para-hydroxylation sites is 1. The maximum absolute atomic E-state index is 13.2. The molecule has 0 fully saturated rings. The fourth-order valence-electron chi connectivity index (χ4n) is 1.31. The van der Waals surface area contributed by atoms with Crippen LogP contribution in [0.15, 0.2) is 24.3 Å². The predicted molar refractivity (Wildman–Crippen MR) is 71.7 cm³/mol. The van der Waals surface area contributed by atoms with Crippen LogP contribution in [0.5, 0.6) is 5.75 Å². The molecule has 1 aromatic rings. The highest BCUT2D eigenvalue weighted by molar-refractivity contribution is 5.79. The third kappa shape index (κ3) is 5.38. The van der Waals surface area contributed by atoms with Crippen LogP contribution in [-0.2, 0) is 14.3 Å². The van der Waals surface area contributed by atoms with Gasteiger partial charge in [-0.15, -0.1) is 0 Å². The normalized spacial score (nSPS) is 12.1. The van der Waals surface area contributed by atoms with E-state index in [1.165, 1.54) is 18.2 Å². The number of benzene rings is 1. The van der Waals surface area contributed by atoms with Crippen molar-refractivity contribution in [1.82, 2.24) is 0 Å². The van der Waals surface area contributed by atoms with E-state index in [0.29, 0.717) is 0 Å². The summed E-state index contributed by atoms with van der Waals surface area (Å²) in [7, 11) is 0. The summed E-state index contributed by atoms with van der Waals surface area (Å²) < 4.78 is 23.2. The Kier molecular flexibility index (Phi) is 6.15. The van der Waals surface area contributed by atoms with Gasteiger partial charge < -0.3 is 9.47 Å². The molecule has 0 saturated heterocycles. The lowest BCUT2D eigenvalue weighted by Crippen LogP contribution is -2.21. The number of hydrogen-bond acceptors (Lipinski definition) is 4. The lowest BCUT2D eigenvalue weighted by Gasteiger charge is -2.16. The summed E-state index contributed by atoms with van der Waals surface area (Å²) in [4.78, 5) is 23.0. The molecule has 0 spiro atoms. The Bertz CT molecular complexity index is 471. The third-order valence-corrected chi connectivity index (χ3v) is 2.85. The molecule has 1 aromatic carbocycles. The molecule has 1 atom stereocenters. The SMILES string of the molecule is CC(C)C(C)OC(=O)CCC(=O)Oc1ccccc1F. The van der Waals surface area contributed by atoms with Crippen LogP contribution in [-0.4, -0.2) is 18.0 Å². The molecule has 5 heteroatoms. The highest BCUT2D eigenvalue weighted by atomic mass is 19.1. The zero-order chi connectivity index (χ0) is 15.1. The van der Waals surface area contributed by atoms with Crippen molar-refractivity contribution in [2.24, 2.45) is 5.92 Å². The van der Waals surface area contributed by atoms with Crippen LogP contribution in [0.3, 0.4) is 0 Å². The average molecular weight is 282 g/mol. The van der Waals surface area contributed by atoms with Crippen molar-refractivity contribution in [2.45, 2.75) is 39.7 Å². The fourth-order valence-corrected chi connectivity index (χ4v) is 1.31. The molecule has 0 aliphatic rings. The minimum absolute atomic E-state index is 0.0790. The first-order valence-electron chi connectivity index (χ1n) is 6.55. The predicted octanol–water partition coefficient (Wildman–Crippen LogP) is 3.10. The molecular weight excluding hydrogens is 263 g/mol. The van der Waals surface area contributed by atoms with Crippen molar-refractivity contribution in [3.8, 4) is 5.75 Å². The first-order valence-corrected chi connectivity index (χ1v) is 6.55. The van der Waals surface area contributed by atoms with Gasteiger partial charge in [-0.05, 0) is 25.0 Å². The van der Waals surface area contributed by atoms with Gasteiger partial charge in [0.2, 0.25) is 0 Å². The van der Waals surface area contributed by atoms with E-state index in [-0.39, 0.29) is 30.6 Å². The lowest BCUT2D eigenvalue weighted by atomic mass is 10.1. The van der Waals surface area contributed by atoms with E-state index in [4.69, 9.17) is 9.47 Å². The van der Waals surface area contributed by atoms with Crippen LogP contribution < -0.4 is 4.74 Å². The number of esters is 2. The minimum Gasteiger partial charge on any atom is -0.462 e. The molecule has 1 unspecified atom stereocenters. The number of halogens is 1. The zero-order valence-corrected chi connectivity index (χ0v) is 11.9. The molecule has 4 nitrogen and oxygen atoms in total. The molecule has 0 aliphatic heterocycles. The van der Waals surface area contributed by atoms with Gasteiger partial charge >= 0.3 is 11.9 Å². The highest BCUT2D eigenvalue weighted by Crippen LogP contribution is 2.16. The van der Waals surface area contributed by atoms with Crippen LogP contribution in [0.2, 0.25) is 0 Å². The van der Waals surface area contributed by atoms with Crippen molar-refractivity contribution in [1.29, 1.82) is 0 Å². The van der Waals surface area contributed by atoms with Crippen molar-refractivity contribution >= 4 is 11.9 Å². The van der Waals surface area contributed by atoms with Gasteiger partial charge in [0.25, 0.3) is 0 Å². The Labute approximate surface area is 117 Å². The second kappa shape index (κ2) is 7.62. The number of hydrogen-bond donors (Lipinski definition) is 0. The maximum atomic E-state index is 13.2. The minimum atomic E-state index is -0.663. The summed E-state index contributed by atoms with van der Waals surface area (Å²) in [6.07, 6.45) is -0.424. The highest BCUT2D eigenvalue weighted by Gasteiger charge is 2.15. The molecule has 20 heavy (non-hydrogen) atoms. The Morgan fingerprint density at radius 3 is 2.30 bits per heavy atom. The van der Waals surface area contributed by atoms with Gasteiger partial charge in [-0.3, -0.25) is 9.59 Å². The molecule has 0 amide bonds. The fraction of sp³-hybridized carbons (Fsp3) is 0.467. The standard InChI is InChI=1S/C15H19FO4/c1-10(2)11(3)19-14(17)8-9-15(18)20-13-7-5-4-6-12(13)16/h4-7,10-11H,8-9H2,1-3H3. The van der Waals surface area contributed by atoms with Crippen molar-refractivity contribution in [3.05, 3.63) is 30.1 Å². The average Bonchev–Trinajstić information content (AvgIpc) is 2.39. The van der Waals surface area contributed by atoms with Crippen LogP contribution in [0.25, 0.3) is 0 Å². The maximum Gasteiger partial charge on any atom is 0.311 e. The molecule has 0 aromatic heterocycles. The number of carbonyl (C=O) groups excluding carboxylic acids is 2. The second-order valence-electron chi connectivity index (χ2n) is 4.84. The monoisotopic (exact) mass is 282 g/mol. The van der Waals surface area contributed by atoms with Crippen LogP contribution in [0.4, 0.5) is 4.39 Å². The molecular formula is C15H19FO4. The van der Waals surface area contributed by atoms with Gasteiger partial charge in [0.15, 0.2) is 11.6 Å². The molecule has 0 N–H and O–H groups in total. The van der Waals surface area contributed by atoms with Gasteiger partial charge in [0, 0.05) is 0 Å². The van der Waals surface area contributed by atoms with E-state index in [0.717, 1.165) is 0 Å². The topological polar surface area (TPSA) is 52.6 Å². The second-order valence-corrected chi connectivity index (χ2v) is 4.84. The number of rotatable bonds is 6. The summed E-state index contributed by atoms with van der Waals surface area (Å²) in [6.45, 7) is 5.66. The van der Waals surface area contributed by atoms with Crippen LogP contribution in [0, 0.1) is 11.7 Å². The van der Waals surface area contributed by atoms with Gasteiger partial charge in [-0.2, -0.15) is 0 Å². The molecule has 110 valence electrons. The molecule has 0 bridgehead atoms. The molecule has 0 heterocycles. The number of carbonyl (C=O) groups is 2. The molecule has 0 saturated carbocycles. The van der Waals surface area contributed by atoms with Crippen LogP contribution >= 0.6 is 0 Å². The number of ether oxygens (including phenoxy) is 2. The summed E-state index contributed by atoms with van der Waals surface area (Å²) in [5.41, 5.74) is 0. The zero-order valence-electron chi connectivity index (χ0n) is 11.9. The van der Waals surface area contributed by atoms with Gasteiger partial charge in [-0.1, -0.05) is 26.0 Å². The van der Waals surface area contributed by atoms with Gasteiger partial charge in [-0.25, -0.2) is 4.39 Å². The first kappa shape index (κ1) is 16.1. The van der Waals surface area contributed by atoms with E-state index in [2.05, 4.69) is 0 Å². The van der Waals surface area contributed by atoms with Crippen LogP contribution in [0.1, 0.15) is 33.6 Å². The van der Waals surface area contributed by atoms with Gasteiger partial charge in [0.1, 0.15) is 6.10 Å². The first-order chi connectivity index (χ1) is 9.40. The van der Waals surface area contributed by atoms with E-state index in [1.807, 2.05) is 13.8 Å². The Morgan fingerprint density at radius 2 is 1.70 bits per heavy atom. The van der Waals surface area contributed by atoms with Gasteiger partial charge in [0.05, 0.1) is 12.8 Å². The van der Waals surface area contributed by atoms with Crippen molar-refractivity contribution in [2.75, 3.05) is 0 Å². The molecule has 0 radical (unpaired) electrons. The molecule has 0 aliphatic carbocycles. The summed E-state index contributed by atoms with van der Waals surface area (Å²) in [6, 6.07) is 5.61. The lowest BCUT2D eigenvalue weighted by molar-refractivity contribution is -0.152. The summed E-state index contributed by atoms with van der Waals surface area (Å²) in [5, 5.41) is 0. The quantitative estimate of drug-likeness (QED) is 0.594. The molecule has 1 rings (SSSR count). The summed E-state index contributed by atoms with van der Waals surface area (Å²) in [5.74, 6) is -1.66. The Hall–Kier alpha value is -1.91. The van der Waals surface area contributed by atoms with Crippen molar-refractivity contribution in [3.63, 3.8) is 0 Å². The smallest absolute Gasteiger partial charge is 0.311 e. The van der Waals surface area contributed by atoms with Crippen molar-refractivity contribution < 1.29 is 23.5 Å². The van der Waals surface area contributed by atoms with E-state index in [1.54, 1.807) is 13.0 Å². The Balaban J connectivity index is 2.37.